The summed E-state index contributed by atoms with van der Waals surface area (Å²) in [6.45, 7) is 4.70. The maximum Gasteiger partial charge on any atom is 0.295 e. The first-order chi connectivity index (χ1) is 17.4. The van der Waals surface area contributed by atoms with Crippen LogP contribution >= 0.6 is 0 Å². The summed E-state index contributed by atoms with van der Waals surface area (Å²) in [7, 11) is 3.90. The first-order valence-electron chi connectivity index (χ1n) is 12.2. The van der Waals surface area contributed by atoms with Crippen LogP contribution in [0.25, 0.3) is 5.76 Å². The largest absolute Gasteiger partial charge is 0.507 e. The van der Waals surface area contributed by atoms with Crippen molar-refractivity contribution in [2.75, 3.05) is 71.6 Å². The lowest BCUT2D eigenvalue weighted by atomic mass is 9.95. The second-order valence-electron chi connectivity index (χ2n) is 9.29. The summed E-state index contributed by atoms with van der Waals surface area (Å²) in [6.07, 6.45) is 0. The number of hydrogen-bond donors (Lipinski definition) is 1. The molecule has 0 aliphatic carbocycles. The van der Waals surface area contributed by atoms with Crippen LogP contribution in [0.3, 0.4) is 0 Å². The molecule has 5 rings (SSSR count). The third-order valence-electron chi connectivity index (χ3n) is 6.84. The normalized spacial score (nSPS) is 21.6. The van der Waals surface area contributed by atoms with Crippen molar-refractivity contribution in [3.05, 3.63) is 59.2 Å². The Morgan fingerprint density at radius 3 is 2.33 bits per heavy atom. The number of hydrogen-bond acceptors (Lipinski definition) is 8. The number of carbonyl (C=O) groups is 2. The second kappa shape index (κ2) is 10.2. The third kappa shape index (κ3) is 4.64. The lowest BCUT2D eigenvalue weighted by Crippen LogP contribution is -2.42. The molecule has 0 aromatic heterocycles. The van der Waals surface area contributed by atoms with Gasteiger partial charge in [0.05, 0.1) is 24.8 Å². The van der Waals surface area contributed by atoms with Gasteiger partial charge < -0.3 is 29.1 Å². The van der Waals surface area contributed by atoms with Gasteiger partial charge in [0, 0.05) is 51.5 Å². The van der Waals surface area contributed by atoms with Gasteiger partial charge in [-0.3, -0.25) is 14.5 Å². The maximum atomic E-state index is 13.3. The van der Waals surface area contributed by atoms with Gasteiger partial charge in [-0.1, -0.05) is 12.1 Å². The fourth-order valence-electron chi connectivity index (χ4n) is 4.83. The number of fused-ring (bicyclic) bond motifs is 1. The molecular formula is C27H31N3O6. The van der Waals surface area contributed by atoms with E-state index in [0.29, 0.717) is 56.6 Å². The number of aliphatic hydroxyl groups excluding tert-OH is 1. The van der Waals surface area contributed by atoms with Crippen LogP contribution in [0.2, 0.25) is 0 Å². The van der Waals surface area contributed by atoms with Gasteiger partial charge in [-0.15, -0.1) is 0 Å². The standard InChI is InChI=1S/C27H31N3O6/c1-28(2)20-6-3-18(4-7-20)24-23(25(31)19-5-8-21-22(17-19)36-16-15-35-21)26(32)27(33)30(24)10-9-29-11-13-34-14-12-29/h3-8,17,24,31H,9-16H2,1-2H3/t24-/m1/s1. The molecule has 190 valence electrons. The van der Waals surface area contributed by atoms with E-state index in [4.69, 9.17) is 14.2 Å². The zero-order valence-electron chi connectivity index (χ0n) is 20.6. The van der Waals surface area contributed by atoms with Crippen molar-refractivity contribution in [2.24, 2.45) is 0 Å². The highest BCUT2D eigenvalue weighted by Gasteiger charge is 2.46. The number of ether oxygens (including phenoxy) is 3. The topological polar surface area (TPSA) is 91.8 Å². The lowest BCUT2D eigenvalue weighted by molar-refractivity contribution is -0.140. The molecule has 0 unspecified atom stereocenters. The Balaban J connectivity index is 1.53. The van der Waals surface area contributed by atoms with E-state index in [2.05, 4.69) is 4.90 Å². The molecule has 0 bridgehead atoms. The van der Waals surface area contributed by atoms with Crippen LogP contribution in [-0.2, 0) is 14.3 Å². The van der Waals surface area contributed by atoms with Crippen LogP contribution in [0.4, 0.5) is 5.69 Å². The number of Topliss-reactive ketones (excluding diaryl/α,β-unsaturated/α-hetero) is 1. The van der Waals surface area contributed by atoms with Gasteiger partial charge in [0.25, 0.3) is 11.7 Å². The first-order valence-corrected chi connectivity index (χ1v) is 12.2. The van der Waals surface area contributed by atoms with Crippen molar-refractivity contribution < 1.29 is 28.9 Å². The Hall–Kier alpha value is -3.56. The summed E-state index contributed by atoms with van der Waals surface area (Å²) in [5, 5.41) is 11.4. The van der Waals surface area contributed by atoms with E-state index in [1.54, 1.807) is 23.1 Å². The molecule has 2 aromatic rings. The molecule has 1 atom stereocenters. The van der Waals surface area contributed by atoms with Gasteiger partial charge in [-0.05, 0) is 35.9 Å². The summed E-state index contributed by atoms with van der Waals surface area (Å²) in [5.41, 5.74) is 2.24. The summed E-state index contributed by atoms with van der Waals surface area (Å²) < 4.78 is 16.7. The summed E-state index contributed by atoms with van der Waals surface area (Å²) in [6, 6.07) is 12.0. The van der Waals surface area contributed by atoms with E-state index in [9.17, 15) is 14.7 Å². The number of nitrogens with zero attached hydrogens (tertiary/aromatic N) is 3. The summed E-state index contributed by atoms with van der Waals surface area (Å²) in [5.74, 6) is -0.436. The van der Waals surface area contributed by atoms with Crippen molar-refractivity contribution in [1.82, 2.24) is 9.80 Å². The second-order valence-corrected chi connectivity index (χ2v) is 9.29. The fraction of sp³-hybridized carbons (Fsp3) is 0.407. The number of morpholine rings is 1. The highest BCUT2D eigenvalue weighted by molar-refractivity contribution is 6.46. The monoisotopic (exact) mass is 493 g/mol. The van der Waals surface area contributed by atoms with Crippen molar-refractivity contribution >= 4 is 23.1 Å². The van der Waals surface area contributed by atoms with E-state index < -0.39 is 17.7 Å². The van der Waals surface area contributed by atoms with Crippen molar-refractivity contribution in [3.8, 4) is 11.5 Å². The van der Waals surface area contributed by atoms with Gasteiger partial charge in [-0.2, -0.15) is 0 Å². The number of likely N-dealkylation sites (tertiary alicyclic amines) is 1. The number of carbonyl (C=O) groups excluding carboxylic acids is 2. The van der Waals surface area contributed by atoms with E-state index >= 15 is 0 Å². The number of rotatable bonds is 6. The van der Waals surface area contributed by atoms with Gasteiger partial charge in [0.2, 0.25) is 0 Å². The smallest absolute Gasteiger partial charge is 0.295 e. The first kappa shape index (κ1) is 24.1. The molecular weight excluding hydrogens is 462 g/mol. The molecule has 0 saturated carbocycles. The average molecular weight is 494 g/mol. The molecule has 2 saturated heterocycles. The van der Waals surface area contributed by atoms with Gasteiger partial charge in [0.15, 0.2) is 11.5 Å². The minimum Gasteiger partial charge on any atom is -0.507 e. The molecule has 3 aliphatic rings. The molecule has 2 aromatic carbocycles. The number of aliphatic hydroxyl groups is 1. The third-order valence-corrected chi connectivity index (χ3v) is 6.84. The highest BCUT2D eigenvalue weighted by Crippen LogP contribution is 2.41. The number of ketones is 1. The molecule has 0 radical (unpaired) electrons. The molecule has 3 aliphatic heterocycles. The lowest BCUT2D eigenvalue weighted by Gasteiger charge is -2.31. The van der Waals surface area contributed by atoms with Crippen LogP contribution in [-0.4, -0.2) is 93.3 Å². The molecule has 2 fully saturated rings. The summed E-state index contributed by atoms with van der Waals surface area (Å²) >= 11 is 0. The zero-order valence-corrected chi connectivity index (χ0v) is 20.6. The molecule has 0 spiro atoms. The van der Waals surface area contributed by atoms with Crippen LogP contribution in [0.15, 0.2) is 48.0 Å². The van der Waals surface area contributed by atoms with Crippen LogP contribution in [0, 0.1) is 0 Å². The predicted octanol–water partition coefficient (Wildman–Crippen LogP) is 2.28. The molecule has 3 heterocycles. The average Bonchev–Trinajstić information content (AvgIpc) is 3.16. The quantitative estimate of drug-likeness (QED) is 0.372. The Labute approximate surface area is 210 Å². The Bertz CT molecular complexity index is 1170. The predicted molar refractivity (Wildman–Crippen MR) is 134 cm³/mol. The van der Waals surface area contributed by atoms with Gasteiger partial charge in [0.1, 0.15) is 19.0 Å². The van der Waals surface area contributed by atoms with Crippen molar-refractivity contribution in [2.45, 2.75) is 6.04 Å². The Morgan fingerprint density at radius 1 is 0.944 bits per heavy atom. The van der Waals surface area contributed by atoms with Gasteiger partial charge in [-0.25, -0.2) is 0 Å². The fourth-order valence-corrected chi connectivity index (χ4v) is 4.83. The van der Waals surface area contributed by atoms with E-state index in [-0.39, 0.29) is 11.3 Å². The molecule has 36 heavy (non-hydrogen) atoms. The van der Waals surface area contributed by atoms with Crippen LogP contribution in [0.1, 0.15) is 17.2 Å². The molecule has 1 amide bonds. The van der Waals surface area contributed by atoms with Crippen LogP contribution < -0.4 is 14.4 Å². The minimum absolute atomic E-state index is 0.0799. The van der Waals surface area contributed by atoms with E-state index in [1.165, 1.54) is 0 Å². The summed E-state index contributed by atoms with van der Waals surface area (Å²) in [4.78, 5) is 32.3. The van der Waals surface area contributed by atoms with E-state index in [1.807, 2.05) is 43.3 Å². The van der Waals surface area contributed by atoms with Crippen molar-refractivity contribution in [1.29, 1.82) is 0 Å². The Kier molecular flexibility index (Phi) is 6.84. The Morgan fingerprint density at radius 2 is 1.64 bits per heavy atom. The zero-order chi connectivity index (χ0) is 25.2. The van der Waals surface area contributed by atoms with Crippen molar-refractivity contribution in [3.63, 3.8) is 0 Å². The molecule has 9 heteroatoms. The number of benzene rings is 2. The minimum atomic E-state index is -0.699. The van der Waals surface area contributed by atoms with Gasteiger partial charge >= 0.3 is 0 Å². The molecule has 1 N–H and O–H groups in total. The SMILES string of the molecule is CN(C)c1ccc([C@@H]2C(=C(O)c3ccc4c(c3)OCCO4)C(=O)C(=O)N2CCN2CCOCC2)cc1. The molecule has 9 nitrogen and oxygen atoms in total. The number of amides is 1. The van der Waals surface area contributed by atoms with Crippen LogP contribution in [0.5, 0.6) is 11.5 Å². The maximum absolute atomic E-state index is 13.3. The number of anilines is 1. The highest BCUT2D eigenvalue weighted by atomic mass is 16.6. The van der Waals surface area contributed by atoms with E-state index in [0.717, 1.165) is 24.3 Å².